The number of hydrogen-bond acceptors (Lipinski definition) is 2. The fourth-order valence-corrected chi connectivity index (χ4v) is 1.44. The molecule has 0 saturated heterocycles. The van der Waals surface area contributed by atoms with E-state index in [1.165, 1.54) is 32.1 Å². The predicted octanol–water partition coefficient (Wildman–Crippen LogP) is 2.35. The van der Waals surface area contributed by atoms with Gasteiger partial charge in [-0.1, -0.05) is 19.3 Å². The molecule has 0 aliphatic heterocycles. The van der Waals surface area contributed by atoms with Crippen LogP contribution in [0.5, 0.6) is 0 Å². The van der Waals surface area contributed by atoms with Crippen LogP contribution in [0.2, 0.25) is 0 Å². The van der Waals surface area contributed by atoms with Crippen LogP contribution in [0, 0.1) is 33.3 Å². The molecule has 0 radical (unpaired) electrons. The van der Waals surface area contributed by atoms with Crippen molar-refractivity contribution in [1.29, 1.82) is 0 Å². The van der Waals surface area contributed by atoms with E-state index in [4.69, 9.17) is 28.0 Å². The van der Waals surface area contributed by atoms with Gasteiger partial charge < -0.3 is 4.74 Å². The number of allylic oxidation sites excluding steroid dienone is 1. The van der Waals surface area contributed by atoms with E-state index in [0.717, 1.165) is 5.76 Å². The third-order valence-corrected chi connectivity index (χ3v) is 2.29. The summed E-state index contributed by atoms with van der Waals surface area (Å²) in [6.07, 6.45) is 6.47. The van der Waals surface area contributed by atoms with Crippen LogP contribution < -0.4 is 0 Å². The smallest absolute Gasteiger partial charge is 0 e. The Balaban J connectivity index is -0.0000000565. The number of methoxy groups -OCH3 is 1. The van der Waals surface area contributed by atoms with Gasteiger partial charge in [0.1, 0.15) is 0 Å². The van der Waals surface area contributed by atoms with Crippen molar-refractivity contribution in [3.05, 3.63) is 39.0 Å². The molecule has 0 bridgehead atoms. The van der Waals surface area contributed by atoms with Gasteiger partial charge in [0.25, 0.3) is 0 Å². The van der Waals surface area contributed by atoms with Gasteiger partial charge in [-0.3, -0.25) is 0 Å². The van der Waals surface area contributed by atoms with Gasteiger partial charge in [-0.05, 0) is 12.8 Å². The molecule has 7 nitrogen and oxygen atoms in total. The average Bonchev–Trinajstić information content (AvgIpc) is 2.68. The first-order valence-corrected chi connectivity index (χ1v) is 5.68. The molecule has 0 spiro atoms. The SMILES string of the molecule is COC(C)=C=NC1CCCCC1.[C-]#[O+].[C-]#[O+].[C-]#[O+].[C-]#[O+].[C-]#[O+].[Cr]. The molecule has 0 atom stereocenters. The van der Waals surface area contributed by atoms with E-state index >= 15 is 0 Å². The maximum atomic E-state index is 7.50. The van der Waals surface area contributed by atoms with E-state index in [9.17, 15) is 0 Å². The summed E-state index contributed by atoms with van der Waals surface area (Å²) in [5.41, 5.74) is 0. The molecular formula is C15H17CrNO6. The van der Waals surface area contributed by atoms with Crippen molar-refractivity contribution in [3.63, 3.8) is 0 Å². The minimum Gasteiger partial charge on any atom is 0 e. The number of ether oxygens (including phenoxy) is 1. The fraction of sp³-hybridized carbons (Fsp3) is 0.533. The van der Waals surface area contributed by atoms with Crippen molar-refractivity contribution in [2.75, 3.05) is 7.11 Å². The summed E-state index contributed by atoms with van der Waals surface area (Å²) >= 11 is 0. The second-order valence-electron chi connectivity index (χ2n) is 3.29. The zero-order valence-electron chi connectivity index (χ0n) is 12.9. The molecule has 0 aromatic carbocycles. The molecule has 0 aromatic rings. The van der Waals surface area contributed by atoms with E-state index in [1.54, 1.807) is 7.11 Å². The van der Waals surface area contributed by atoms with Crippen LogP contribution in [0.4, 0.5) is 0 Å². The predicted molar refractivity (Wildman–Crippen MR) is 70.2 cm³/mol. The van der Waals surface area contributed by atoms with Crippen LogP contribution in [0.1, 0.15) is 39.0 Å². The largest absolute Gasteiger partial charge is 0 e. The monoisotopic (exact) mass is 359 g/mol. The summed E-state index contributed by atoms with van der Waals surface area (Å²) in [5, 5.41) is 0. The first-order valence-electron chi connectivity index (χ1n) is 5.68. The molecule has 0 N–H and O–H groups in total. The summed E-state index contributed by atoms with van der Waals surface area (Å²) in [6.45, 7) is 24.4. The Labute approximate surface area is 147 Å². The summed E-state index contributed by atoms with van der Waals surface area (Å²) in [5.74, 6) is 3.70. The van der Waals surface area contributed by atoms with Gasteiger partial charge in [0, 0.05) is 30.2 Å². The number of nitrogens with zero attached hydrogens (tertiary/aromatic N) is 1. The van der Waals surface area contributed by atoms with Gasteiger partial charge in [0.2, 0.25) is 0 Å². The second-order valence-corrected chi connectivity index (χ2v) is 3.29. The van der Waals surface area contributed by atoms with Crippen molar-refractivity contribution in [2.45, 2.75) is 45.1 Å². The van der Waals surface area contributed by atoms with Crippen LogP contribution in [0.25, 0.3) is 0 Å². The quantitative estimate of drug-likeness (QED) is 0.319. The Morgan fingerprint density at radius 2 is 1.22 bits per heavy atom. The Hall–Kier alpha value is -1.52. The maximum Gasteiger partial charge on any atom is 0 e. The zero-order valence-corrected chi connectivity index (χ0v) is 14.2. The van der Waals surface area contributed by atoms with Crippen LogP contribution in [-0.2, 0) is 45.4 Å². The average molecular weight is 359 g/mol. The summed E-state index contributed by atoms with van der Waals surface area (Å²) in [4.78, 5) is 4.34. The van der Waals surface area contributed by atoms with Crippen molar-refractivity contribution in [2.24, 2.45) is 4.99 Å². The Kier molecular flexibility index (Phi) is 81.6. The molecular weight excluding hydrogens is 342 g/mol. The third kappa shape index (κ3) is 38.5. The molecule has 1 saturated carbocycles. The molecule has 0 aromatic heterocycles. The number of rotatable bonds is 2. The van der Waals surface area contributed by atoms with Crippen molar-refractivity contribution in [1.82, 2.24) is 0 Å². The second kappa shape index (κ2) is 49.9. The van der Waals surface area contributed by atoms with E-state index < -0.39 is 0 Å². The number of hydrogen-bond donors (Lipinski definition) is 0. The minimum atomic E-state index is 0. The maximum absolute atomic E-state index is 7.50. The molecule has 1 rings (SSSR count). The van der Waals surface area contributed by atoms with Crippen LogP contribution in [0.3, 0.4) is 0 Å². The Morgan fingerprint density at radius 3 is 1.52 bits per heavy atom. The van der Waals surface area contributed by atoms with Crippen LogP contribution in [0.15, 0.2) is 10.8 Å². The van der Waals surface area contributed by atoms with Gasteiger partial charge in [0.05, 0.1) is 13.2 Å². The molecule has 1 aliphatic carbocycles. The number of aliphatic imine (C=N–C) groups is 1. The van der Waals surface area contributed by atoms with E-state index in [1.807, 2.05) is 6.92 Å². The molecule has 23 heavy (non-hydrogen) atoms. The summed E-state index contributed by atoms with van der Waals surface area (Å²) < 4.78 is 42.5. The van der Waals surface area contributed by atoms with Crippen LogP contribution in [-0.4, -0.2) is 19.0 Å². The topological polar surface area (TPSA) is 121 Å². The fourth-order valence-electron chi connectivity index (χ4n) is 1.44. The molecule has 1 fully saturated rings. The third-order valence-electron chi connectivity index (χ3n) is 2.29. The zero-order chi connectivity index (χ0) is 18.8. The van der Waals surface area contributed by atoms with Crippen molar-refractivity contribution >= 4 is 5.87 Å². The first-order chi connectivity index (χ1) is 10.8. The molecule has 124 valence electrons. The molecule has 0 unspecified atom stereocenters. The van der Waals surface area contributed by atoms with Crippen LogP contribution >= 0.6 is 0 Å². The molecule has 0 heterocycles. The van der Waals surface area contributed by atoms with E-state index in [-0.39, 0.29) is 17.4 Å². The molecule has 8 heteroatoms. The summed E-state index contributed by atoms with van der Waals surface area (Å²) in [6, 6.07) is 0.504. The van der Waals surface area contributed by atoms with Gasteiger partial charge >= 0.3 is 56.5 Å². The molecule has 0 amide bonds. The van der Waals surface area contributed by atoms with Gasteiger partial charge in [-0.15, -0.1) is 0 Å². The van der Waals surface area contributed by atoms with E-state index in [2.05, 4.69) is 44.1 Å². The van der Waals surface area contributed by atoms with E-state index in [0.29, 0.717) is 6.04 Å². The molecule has 1 aliphatic rings. The Bertz CT molecular complexity index is 337. The van der Waals surface area contributed by atoms with Crippen molar-refractivity contribution in [3.8, 4) is 0 Å². The van der Waals surface area contributed by atoms with Gasteiger partial charge in [0.15, 0.2) is 5.76 Å². The Morgan fingerprint density at radius 1 is 0.870 bits per heavy atom. The normalized spacial score (nSPS) is 9.91. The van der Waals surface area contributed by atoms with Gasteiger partial charge in [-0.25, -0.2) is 4.99 Å². The first kappa shape index (κ1) is 37.6. The summed E-state index contributed by atoms with van der Waals surface area (Å²) in [7, 11) is 1.65. The van der Waals surface area contributed by atoms with Crippen molar-refractivity contribution < 1.29 is 45.4 Å². The van der Waals surface area contributed by atoms with Gasteiger partial charge in [-0.2, -0.15) is 0 Å². The minimum absolute atomic E-state index is 0. The standard InChI is InChI=1S/C10H17NO.5CO.Cr/c1-9(12-2)8-11-10-6-4-3-5-7-10;5*1-2;/h10H,3-7H2,1-2H3;;;;;;.